The number of nitrogens with two attached hydrogens (primary N) is 1. The van der Waals surface area contributed by atoms with Crippen molar-refractivity contribution in [3.05, 3.63) is 77.2 Å². The minimum atomic E-state index is -0.921. The molecule has 1 fully saturated rings. The third kappa shape index (κ3) is 3.75. The van der Waals surface area contributed by atoms with Crippen molar-refractivity contribution in [2.75, 3.05) is 11.4 Å². The molecule has 0 saturated carbocycles. The van der Waals surface area contributed by atoms with Gasteiger partial charge in [-0.1, -0.05) is 6.07 Å². The molecule has 1 saturated heterocycles. The maximum absolute atomic E-state index is 16.0. The number of nitrogens with zero attached hydrogens (tertiary/aromatic N) is 4. The summed E-state index contributed by atoms with van der Waals surface area (Å²) in [6, 6.07) is 12.0. The maximum Gasteiger partial charge on any atom is 0.269 e. The van der Waals surface area contributed by atoms with Gasteiger partial charge in [0.2, 0.25) is 5.91 Å². The first kappa shape index (κ1) is 23.1. The number of halogens is 3. The van der Waals surface area contributed by atoms with Gasteiger partial charge in [0.1, 0.15) is 23.2 Å². The largest absolute Gasteiger partial charge is 0.364 e. The van der Waals surface area contributed by atoms with Crippen molar-refractivity contribution in [1.29, 1.82) is 5.26 Å². The van der Waals surface area contributed by atoms with Gasteiger partial charge in [0.15, 0.2) is 11.5 Å². The van der Waals surface area contributed by atoms with Crippen molar-refractivity contribution >= 4 is 28.4 Å². The fraction of sp³-hybridized carbons (Fsp3) is 0.154. The summed E-state index contributed by atoms with van der Waals surface area (Å²) < 4.78 is 46.1. The highest BCUT2D eigenvalue weighted by molar-refractivity contribution is 6.05. The summed E-state index contributed by atoms with van der Waals surface area (Å²) in [4.78, 5) is 25.7. The molecule has 1 aliphatic heterocycles. The lowest BCUT2D eigenvalue weighted by atomic mass is 10.0. The van der Waals surface area contributed by atoms with Crippen LogP contribution in [0.15, 0.2) is 48.5 Å². The number of carbonyl (C=O) groups is 2. The van der Waals surface area contributed by atoms with Crippen LogP contribution in [-0.2, 0) is 4.79 Å². The van der Waals surface area contributed by atoms with Crippen LogP contribution in [-0.4, -0.2) is 28.1 Å². The molecule has 0 bridgehead atoms. The predicted octanol–water partition coefficient (Wildman–Crippen LogP) is 4.60. The molecule has 3 aromatic carbocycles. The Morgan fingerprint density at radius 1 is 0.972 bits per heavy atom. The number of carbonyl (C=O) groups excluding carboxylic acids is 2. The first-order chi connectivity index (χ1) is 17.3. The number of rotatable bonds is 4. The van der Waals surface area contributed by atoms with Gasteiger partial charge in [0, 0.05) is 35.2 Å². The van der Waals surface area contributed by atoms with Crippen LogP contribution in [0.3, 0.4) is 0 Å². The van der Waals surface area contributed by atoms with E-state index < -0.39 is 23.4 Å². The Balaban J connectivity index is 1.68. The quantitative estimate of drug-likeness (QED) is 0.452. The molecule has 4 aromatic rings. The summed E-state index contributed by atoms with van der Waals surface area (Å²) in [5.41, 5.74) is 5.02. The summed E-state index contributed by atoms with van der Waals surface area (Å²) in [7, 11) is 0. The Bertz CT molecular complexity index is 1610. The summed E-state index contributed by atoms with van der Waals surface area (Å²) in [5.74, 6) is -3.42. The second-order valence-electron chi connectivity index (χ2n) is 8.39. The fourth-order valence-electron chi connectivity index (χ4n) is 4.44. The van der Waals surface area contributed by atoms with Crippen molar-refractivity contribution < 1.29 is 22.8 Å². The number of hydrogen-bond donors (Lipinski definition) is 1. The standard InChI is InChI=1S/C26H18F3N5O2/c27-20-9-5-16(11-14(20)13-30)34-25-19(24(32-34)26(31)36)8-7-18(23(25)29)17-6-4-15(12-21(17)28)33-10-2-1-3-22(33)35/h4-9,11-12H,1-3,10H2,(H2,31,36). The number of primary amides is 1. The summed E-state index contributed by atoms with van der Waals surface area (Å²) in [5, 5.41) is 13.3. The average Bonchev–Trinajstić information content (AvgIpc) is 3.26. The van der Waals surface area contributed by atoms with Crippen LogP contribution in [0.1, 0.15) is 35.3 Å². The van der Waals surface area contributed by atoms with Crippen LogP contribution >= 0.6 is 0 Å². The molecule has 0 aliphatic carbocycles. The van der Waals surface area contributed by atoms with Crippen molar-refractivity contribution in [3.63, 3.8) is 0 Å². The zero-order valence-corrected chi connectivity index (χ0v) is 18.8. The highest BCUT2D eigenvalue weighted by Crippen LogP contribution is 2.35. The summed E-state index contributed by atoms with van der Waals surface area (Å²) in [6.07, 6.45) is 1.98. The molecule has 180 valence electrons. The Kier molecular flexibility index (Phi) is 5.68. The van der Waals surface area contributed by atoms with Crippen LogP contribution in [0.25, 0.3) is 27.7 Å². The molecule has 1 aromatic heterocycles. The lowest BCUT2D eigenvalue weighted by Gasteiger charge is -2.27. The Labute approximate surface area is 203 Å². The van der Waals surface area contributed by atoms with E-state index in [1.165, 1.54) is 35.2 Å². The van der Waals surface area contributed by atoms with Gasteiger partial charge < -0.3 is 10.6 Å². The van der Waals surface area contributed by atoms with Gasteiger partial charge in [0.25, 0.3) is 5.91 Å². The lowest BCUT2D eigenvalue weighted by molar-refractivity contribution is -0.119. The molecular formula is C26H18F3N5O2. The smallest absolute Gasteiger partial charge is 0.269 e. The molecule has 10 heteroatoms. The van der Waals surface area contributed by atoms with E-state index in [0.717, 1.165) is 29.7 Å². The maximum atomic E-state index is 16.0. The third-order valence-corrected chi connectivity index (χ3v) is 6.21. The summed E-state index contributed by atoms with van der Waals surface area (Å²) in [6.45, 7) is 0.482. The minimum Gasteiger partial charge on any atom is -0.364 e. The molecule has 5 rings (SSSR count). The molecular weight excluding hydrogens is 471 g/mol. The van der Waals surface area contributed by atoms with Gasteiger partial charge in [-0.15, -0.1) is 0 Å². The van der Waals surface area contributed by atoms with Crippen LogP contribution < -0.4 is 10.6 Å². The second-order valence-corrected chi connectivity index (χ2v) is 8.39. The number of hydrogen-bond acceptors (Lipinski definition) is 4. The van der Waals surface area contributed by atoms with E-state index in [4.69, 9.17) is 5.73 Å². The van der Waals surface area contributed by atoms with Gasteiger partial charge in [-0.2, -0.15) is 10.4 Å². The molecule has 2 amide bonds. The van der Waals surface area contributed by atoms with E-state index in [-0.39, 0.29) is 44.9 Å². The molecule has 0 unspecified atom stereocenters. The second kappa shape index (κ2) is 8.85. The normalized spacial score (nSPS) is 13.7. The van der Waals surface area contributed by atoms with E-state index in [1.54, 1.807) is 12.1 Å². The molecule has 7 nitrogen and oxygen atoms in total. The number of anilines is 1. The first-order valence-corrected chi connectivity index (χ1v) is 11.1. The number of aromatic nitrogens is 2. The van der Waals surface area contributed by atoms with Gasteiger partial charge in [-0.25, -0.2) is 17.9 Å². The number of nitriles is 1. The molecule has 2 heterocycles. The van der Waals surface area contributed by atoms with Crippen LogP contribution in [0.5, 0.6) is 0 Å². The molecule has 2 N–H and O–H groups in total. The minimum absolute atomic E-state index is 0.0622. The van der Waals surface area contributed by atoms with Gasteiger partial charge in [0.05, 0.1) is 11.3 Å². The monoisotopic (exact) mass is 489 g/mol. The lowest BCUT2D eigenvalue weighted by Crippen LogP contribution is -2.35. The highest BCUT2D eigenvalue weighted by atomic mass is 19.1. The zero-order chi connectivity index (χ0) is 25.6. The topological polar surface area (TPSA) is 105 Å². The molecule has 0 spiro atoms. The third-order valence-electron chi connectivity index (χ3n) is 6.21. The molecule has 0 radical (unpaired) electrons. The van der Waals surface area contributed by atoms with E-state index in [1.807, 2.05) is 0 Å². The van der Waals surface area contributed by atoms with E-state index >= 15 is 8.78 Å². The molecule has 1 aliphatic rings. The van der Waals surface area contributed by atoms with Gasteiger partial charge in [-0.3, -0.25) is 9.59 Å². The SMILES string of the molecule is N#Cc1cc(-n2nc(C(N)=O)c3ccc(-c4ccc(N5CCCCC5=O)cc4F)c(F)c32)ccc1F. The molecule has 36 heavy (non-hydrogen) atoms. The van der Waals surface area contributed by atoms with Crippen molar-refractivity contribution in [2.45, 2.75) is 19.3 Å². The number of fused-ring (bicyclic) bond motifs is 1. The Morgan fingerprint density at radius 2 is 1.72 bits per heavy atom. The van der Waals surface area contributed by atoms with Crippen LogP contribution in [0, 0.1) is 28.8 Å². The van der Waals surface area contributed by atoms with Crippen molar-refractivity contribution in [1.82, 2.24) is 9.78 Å². The number of benzene rings is 3. The first-order valence-electron chi connectivity index (χ1n) is 11.1. The summed E-state index contributed by atoms with van der Waals surface area (Å²) >= 11 is 0. The highest BCUT2D eigenvalue weighted by Gasteiger charge is 2.25. The zero-order valence-electron chi connectivity index (χ0n) is 18.8. The number of piperidine rings is 1. The fourth-order valence-corrected chi connectivity index (χ4v) is 4.44. The van der Waals surface area contributed by atoms with E-state index in [9.17, 15) is 19.2 Å². The van der Waals surface area contributed by atoms with Crippen LogP contribution in [0.2, 0.25) is 0 Å². The van der Waals surface area contributed by atoms with E-state index in [0.29, 0.717) is 18.7 Å². The van der Waals surface area contributed by atoms with Gasteiger partial charge >= 0.3 is 0 Å². The van der Waals surface area contributed by atoms with Crippen molar-refractivity contribution in [3.8, 4) is 22.9 Å². The number of amides is 2. The Morgan fingerprint density at radius 3 is 2.42 bits per heavy atom. The Hall–Kier alpha value is -4.65. The van der Waals surface area contributed by atoms with Crippen LogP contribution in [0.4, 0.5) is 18.9 Å². The average molecular weight is 489 g/mol. The molecule has 0 atom stereocenters. The van der Waals surface area contributed by atoms with Gasteiger partial charge in [-0.05, 0) is 55.3 Å². The predicted molar refractivity (Wildman–Crippen MR) is 126 cm³/mol. The van der Waals surface area contributed by atoms with E-state index in [2.05, 4.69) is 5.10 Å². The van der Waals surface area contributed by atoms with Crippen molar-refractivity contribution in [2.24, 2.45) is 5.73 Å².